The van der Waals surface area contributed by atoms with Gasteiger partial charge in [-0.2, -0.15) is 0 Å². The van der Waals surface area contributed by atoms with Crippen LogP contribution in [-0.4, -0.2) is 12.1 Å². The standard InChI is InChI=1S/C12H25N/c1-10(2)12(4)8-6-5-7-11(3)9-13-12/h10-11,13H,5-9H2,1-4H3. The zero-order valence-electron chi connectivity index (χ0n) is 9.69. The van der Waals surface area contributed by atoms with Crippen molar-refractivity contribution >= 4 is 0 Å². The maximum Gasteiger partial charge on any atom is 0.0176 e. The molecule has 0 spiro atoms. The molecular formula is C12H25N. The maximum atomic E-state index is 3.75. The van der Waals surface area contributed by atoms with E-state index in [2.05, 4.69) is 33.0 Å². The average molecular weight is 183 g/mol. The van der Waals surface area contributed by atoms with Crippen molar-refractivity contribution < 1.29 is 0 Å². The van der Waals surface area contributed by atoms with E-state index in [0.717, 1.165) is 11.8 Å². The molecule has 0 saturated carbocycles. The van der Waals surface area contributed by atoms with Gasteiger partial charge in [0.25, 0.3) is 0 Å². The summed E-state index contributed by atoms with van der Waals surface area (Å²) in [4.78, 5) is 0. The van der Waals surface area contributed by atoms with E-state index in [9.17, 15) is 0 Å². The highest BCUT2D eigenvalue weighted by atomic mass is 15.0. The smallest absolute Gasteiger partial charge is 0.0176 e. The van der Waals surface area contributed by atoms with Crippen molar-refractivity contribution in [3.8, 4) is 0 Å². The Balaban J connectivity index is 2.53. The van der Waals surface area contributed by atoms with E-state index >= 15 is 0 Å². The molecule has 2 atom stereocenters. The van der Waals surface area contributed by atoms with Gasteiger partial charge in [-0.1, -0.05) is 33.6 Å². The summed E-state index contributed by atoms with van der Waals surface area (Å²) in [6, 6.07) is 0. The summed E-state index contributed by atoms with van der Waals surface area (Å²) in [5, 5.41) is 3.75. The zero-order valence-corrected chi connectivity index (χ0v) is 9.69. The number of hydrogen-bond acceptors (Lipinski definition) is 1. The third-order valence-electron chi connectivity index (χ3n) is 3.77. The minimum atomic E-state index is 0.384. The van der Waals surface area contributed by atoms with E-state index in [0.29, 0.717) is 5.54 Å². The average Bonchev–Trinajstić information content (AvgIpc) is 2.06. The highest BCUT2D eigenvalue weighted by Crippen LogP contribution is 2.26. The summed E-state index contributed by atoms with van der Waals surface area (Å²) in [5.74, 6) is 1.61. The van der Waals surface area contributed by atoms with E-state index in [1.807, 2.05) is 0 Å². The first-order valence-electron chi connectivity index (χ1n) is 5.79. The SMILES string of the molecule is CC1CCCCC(C)(C(C)C)NC1. The second kappa shape index (κ2) is 4.45. The Morgan fingerprint density at radius 2 is 2.00 bits per heavy atom. The van der Waals surface area contributed by atoms with Gasteiger partial charge in [0.2, 0.25) is 0 Å². The Labute approximate surface area is 83.3 Å². The molecule has 2 unspecified atom stereocenters. The van der Waals surface area contributed by atoms with E-state index in [-0.39, 0.29) is 0 Å². The molecule has 1 rings (SSSR count). The van der Waals surface area contributed by atoms with Crippen LogP contribution < -0.4 is 5.32 Å². The van der Waals surface area contributed by atoms with Crippen molar-refractivity contribution in [1.29, 1.82) is 0 Å². The van der Waals surface area contributed by atoms with Crippen LogP contribution in [0.15, 0.2) is 0 Å². The summed E-state index contributed by atoms with van der Waals surface area (Å²) in [5.41, 5.74) is 0.384. The van der Waals surface area contributed by atoms with Crippen molar-refractivity contribution in [3.05, 3.63) is 0 Å². The molecule has 1 nitrogen and oxygen atoms in total. The zero-order chi connectivity index (χ0) is 9.90. The minimum absolute atomic E-state index is 0.384. The van der Waals surface area contributed by atoms with Gasteiger partial charge in [0, 0.05) is 5.54 Å². The molecule has 1 aliphatic heterocycles. The van der Waals surface area contributed by atoms with Crippen LogP contribution in [-0.2, 0) is 0 Å². The lowest BCUT2D eigenvalue weighted by Gasteiger charge is -2.38. The molecular weight excluding hydrogens is 158 g/mol. The van der Waals surface area contributed by atoms with Crippen LogP contribution in [0.25, 0.3) is 0 Å². The topological polar surface area (TPSA) is 12.0 Å². The van der Waals surface area contributed by atoms with Crippen molar-refractivity contribution in [2.24, 2.45) is 11.8 Å². The molecule has 1 heteroatoms. The predicted octanol–water partition coefficient (Wildman–Crippen LogP) is 3.20. The maximum absolute atomic E-state index is 3.75. The molecule has 0 amide bonds. The van der Waals surface area contributed by atoms with Gasteiger partial charge in [0.15, 0.2) is 0 Å². The van der Waals surface area contributed by atoms with Gasteiger partial charge in [-0.15, -0.1) is 0 Å². The number of hydrogen-bond donors (Lipinski definition) is 1. The molecule has 0 aliphatic carbocycles. The van der Waals surface area contributed by atoms with Gasteiger partial charge in [-0.25, -0.2) is 0 Å². The van der Waals surface area contributed by atoms with E-state index in [1.165, 1.54) is 32.2 Å². The Kier molecular flexibility index (Phi) is 3.78. The Morgan fingerprint density at radius 3 is 2.62 bits per heavy atom. The van der Waals surface area contributed by atoms with Crippen LogP contribution in [0.2, 0.25) is 0 Å². The molecule has 0 aromatic rings. The fraction of sp³-hybridized carbons (Fsp3) is 1.00. The Hall–Kier alpha value is -0.0400. The van der Waals surface area contributed by atoms with Crippen molar-refractivity contribution in [2.45, 2.75) is 58.9 Å². The normalized spacial score (nSPS) is 37.2. The summed E-state index contributed by atoms with van der Waals surface area (Å²) < 4.78 is 0. The molecule has 0 bridgehead atoms. The summed E-state index contributed by atoms with van der Waals surface area (Å²) in [6.07, 6.45) is 5.57. The van der Waals surface area contributed by atoms with Crippen molar-refractivity contribution in [2.75, 3.05) is 6.54 Å². The fourth-order valence-corrected chi connectivity index (χ4v) is 2.08. The second-order valence-electron chi connectivity index (χ2n) is 5.30. The van der Waals surface area contributed by atoms with Crippen LogP contribution >= 0.6 is 0 Å². The van der Waals surface area contributed by atoms with E-state index < -0.39 is 0 Å². The van der Waals surface area contributed by atoms with Gasteiger partial charge >= 0.3 is 0 Å². The van der Waals surface area contributed by atoms with Gasteiger partial charge < -0.3 is 5.32 Å². The molecule has 1 N–H and O–H groups in total. The molecule has 0 aromatic heterocycles. The lowest BCUT2D eigenvalue weighted by molar-refractivity contribution is 0.205. The highest BCUT2D eigenvalue weighted by Gasteiger charge is 2.28. The van der Waals surface area contributed by atoms with Crippen molar-refractivity contribution in [3.63, 3.8) is 0 Å². The molecule has 13 heavy (non-hydrogen) atoms. The molecule has 1 fully saturated rings. The fourth-order valence-electron chi connectivity index (χ4n) is 2.08. The number of nitrogens with one attached hydrogen (secondary N) is 1. The Bertz CT molecular complexity index is 153. The van der Waals surface area contributed by atoms with Gasteiger partial charge in [-0.3, -0.25) is 0 Å². The quantitative estimate of drug-likeness (QED) is 0.658. The Morgan fingerprint density at radius 1 is 1.31 bits per heavy atom. The minimum Gasteiger partial charge on any atom is -0.311 e. The van der Waals surface area contributed by atoms with Gasteiger partial charge in [0.05, 0.1) is 0 Å². The lowest BCUT2D eigenvalue weighted by atomic mass is 9.81. The molecule has 1 aliphatic rings. The molecule has 78 valence electrons. The van der Waals surface area contributed by atoms with Crippen LogP contribution in [0.1, 0.15) is 53.4 Å². The van der Waals surface area contributed by atoms with Crippen molar-refractivity contribution in [1.82, 2.24) is 5.32 Å². The third-order valence-corrected chi connectivity index (χ3v) is 3.77. The second-order valence-corrected chi connectivity index (χ2v) is 5.30. The van der Waals surface area contributed by atoms with E-state index in [1.54, 1.807) is 0 Å². The van der Waals surface area contributed by atoms with Gasteiger partial charge in [-0.05, 0) is 38.1 Å². The largest absolute Gasteiger partial charge is 0.311 e. The van der Waals surface area contributed by atoms with Crippen LogP contribution in [0.4, 0.5) is 0 Å². The molecule has 1 heterocycles. The first-order chi connectivity index (χ1) is 6.04. The first-order valence-corrected chi connectivity index (χ1v) is 5.79. The summed E-state index contributed by atoms with van der Waals surface area (Å²) >= 11 is 0. The highest BCUT2D eigenvalue weighted by molar-refractivity contribution is 4.87. The van der Waals surface area contributed by atoms with Crippen LogP contribution in [0.3, 0.4) is 0 Å². The summed E-state index contributed by atoms with van der Waals surface area (Å²) in [7, 11) is 0. The molecule has 0 aromatic carbocycles. The van der Waals surface area contributed by atoms with E-state index in [4.69, 9.17) is 0 Å². The first kappa shape index (κ1) is 11.0. The molecule has 1 saturated heterocycles. The summed E-state index contributed by atoms with van der Waals surface area (Å²) in [6.45, 7) is 10.6. The van der Waals surface area contributed by atoms with Crippen LogP contribution in [0, 0.1) is 11.8 Å². The third kappa shape index (κ3) is 2.98. The molecule has 0 radical (unpaired) electrons. The van der Waals surface area contributed by atoms with Crippen LogP contribution in [0.5, 0.6) is 0 Å². The lowest BCUT2D eigenvalue weighted by Crippen LogP contribution is -2.49. The monoisotopic (exact) mass is 183 g/mol. The van der Waals surface area contributed by atoms with Gasteiger partial charge in [0.1, 0.15) is 0 Å². The predicted molar refractivity (Wildman–Crippen MR) is 58.9 cm³/mol. The number of rotatable bonds is 1.